The largest absolute Gasteiger partial charge is 0.452 e. The molecular weight excluding hydrogens is 447 g/mol. The Labute approximate surface area is 201 Å². The first-order chi connectivity index (χ1) is 16.9. The maximum atomic E-state index is 13.8. The van der Waals surface area contributed by atoms with Crippen molar-refractivity contribution in [2.75, 3.05) is 11.9 Å². The first kappa shape index (κ1) is 23.4. The predicted octanol–water partition coefficient (Wildman–Crippen LogP) is 4.85. The molecule has 0 radical (unpaired) electrons. The van der Waals surface area contributed by atoms with Crippen molar-refractivity contribution in [3.63, 3.8) is 0 Å². The number of esters is 1. The van der Waals surface area contributed by atoms with E-state index < -0.39 is 24.3 Å². The summed E-state index contributed by atoms with van der Waals surface area (Å²) in [5.74, 6) is -1.61. The van der Waals surface area contributed by atoms with Crippen molar-refractivity contribution in [1.29, 1.82) is 5.26 Å². The molecule has 0 bridgehead atoms. The van der Waals surface area contributed by atoms with Crippen LogP contribution in [0.3, 0.4) is 0 Å². The van der Waals surface area contributed by atoms with Crippen LogP contribution in [0.1, 0.15) is 22.4 Å². The number of rotatable bonds is 6. The summed E-state index contributed by atoms with van der Waals surface area (Å²) < 4.78 is 20.5. The smallest absolute Gasteiger partial charge is 0.331 e. The van der Waals surface area contributed by atoms with Crippen LogP contribution in [0.15, 0.2) is 66.9 Å². The van der Waals surface area contributed by atoms with Crippen LogP contribution in [0.2, 0.25) is 0 Å². The third-order valence-electron chi connectivity index (χ3n) is 5.56. The highest BCUT2D eigenvalue weighted by Gasteiger charge is 2.21. The maximum absolute atomic E-state index is 13.8. The fourth-order valence-electron chi connectivity index (χ4n) is 3.77. The second kappa shape index (κ2) is 10.0. The highest BCUT2D eigenvalue weighted by atomic mass is 19.1. The number of benzene rings is 2. The van der Waals surface area contributed by atoms with Gasteiger partial charge in [-0.2, -0.15) is 5.26 Å². The molecule has 0 saturated heterocycles. The molecule has 8 heteroatoms. The first-order valence-corrected chi connectivity index (χ1v) is 10.8. The fraction of sp³-hybridized carbons (Fsp3) is 0.111. The van der Waals surface area contributed by atoms with E-state index in [9.17, 15) is 19.2 Å². The van der Waals surface area contributed by atoms with Gasteiger partial charge in [-0.05, 0) is 49.8 Å². The minimum atomic E-state index is -0.707. The molecular formula is C27H21FN4O3. The number of ether oxygens (including phenoxy) is 1. The van der Waals surface area contributed by atoms with Crippen LogP contribution in [0, 0.1) is 31.0 Å². The van der Waals surface area contributed by atoms with Crippen LogP contribution in [0.25, 0.3) is 22.7 Å². The van der Waals surface area contributed by atoms with Crippen LogP contribution in [0.4, 0.5) is 10.2 Å². The van der Waals surface area contributed by atoms with Gasteiger partial charge in [0.1, 0.15) is 17.7 Å². The van der Waals surface area contributed by atoms with Gasteiger partial charge in [-0.15, -0.1) is 0 Å². The molecule has 0 spiro atoms. The summed E-state index contributed by atoms with van der Waals surface area (Å²) in [6.45, 7) is 2.95. The van der Waals surface area contributed by atoms with Crippen LogP contribution in [0.5, 0.6) is 0 Å². The Balaban J connectivity index is 1.48. The summed E-state index contributed by atoms with van der Waals surface area (Å²) >= 11 is 0. The molecule has 7 nitrogen and oxygen atoms in total. The molecule has 174 valence electrons. The number of amides is 1. The second-order valence-corrected chi connectivity index (χ2v) is 7.77. The van der Waals surface area contributed by atoms with Gasteiger partial charge in [-0.1, -0.05) is 30.3 Å². The number of hydrogen-bond acceptors (Lipinski definition) is 5. The highest BCUT2D eigenvalue weighted by Crippen LogP contribution is 2.30. The predicted molar refractivity (Wildman–Crippen MR) is 130 cm³/mol. The van der Waals surface area contributed by atoms with E-state index in [2.05, 4.69) is 16.4 Å². The lowest BCUT2D eigenvalue weighted by Crippen LogP contribution is -2.22. The molecule has 35 heavy (non-hydrogen) atoms. The molecule has 2 aromatic heterocycles. The number of hydrogen-bond donors (Lipinski definition) is 1. The van der Waals surface area contributed by atoms with E-state index in [4.69, 9.17) is 4.74 Å². The molecule has 2 heterocycles. The Morgan fingerprint density at radius 3 is 2.71 bits per heavy atom. The molecule has 2 aromatic carbocycles. The summed E-state index contributed by atoms with van der Waals surface area (Å²) in [4.78, 5) is 29.1. The lowest BCUT2D eigenvalue weighted by Gasteiger charge is -2.13. The summed E-state index contributed by atoms with van der Waals surface area (Å²) in [7, 11) is 0. The van der Waals surface area contributed by atoms with Gasteiger partial charge in [0.25, 0.3) is 5.91 Å². The molecule has 1 amide bonds. The van der Waals surface area contributed by atoms with Crippen molar-refractivity contribution in [2.24, 2.45) is 0 Å². The first-order valence-electron chi connectivity index (χ1n) is 10.8. The average Bonchev–Trinajstić information content (AvgIpc) is 3.09. The zero-order chi connectivity index (χ0) is 24.9. The summed E-state index contributed by atoms with van der Waals surface area (Å²) in [6.07, 6.45) is 4.47. The summed E-state index contributed by atoms with van der Waals surface area (Å²) in [6, 6.07) is 17.2. The lowest BCUT2D eigenvalue weighted by atomic mass is 10.1. The molecule has 0 aliphatic rings. The molecule has 0 aliphatic heterocycles. The number of fused-ring (bicyclic) bond motifs is 1. The molecule has 1 N–H and O–H groups in total. The molecule has 0 aliphatic carbocycles. The Bertz CT molecular complexity index is 1510. The number of anilines is 1. The Hall–Kier alpha value is -4.77. The van der Waals surface area contributed by atoms with E-state index in [1.165, 1.54) is 24.3 Å². The molecule has 0 saturated carbocycles. The molecule has 0 fully saturated rings. The van der Waals surface area contributed by atoms with Crippen molar-refractivity contribution in [3.05, 3.63) is 95.1 Å². The zero-order valence-corrected chi connectivity index (χ0v) is 19.1. The van der Waals surface area contributed by atoms with Gasteiger partial charge in [-0.3, -0.25) is 14.3 Å². The van der Waals surface area contributed by atoms with Crippen LogP contribution < -0.4 is 5.32 Å². The van der Waals surface area contributed by atoms with Gasteiger partial charge < -0.3 is 10.1 Å². The Morgan fingerprint density at radius 2 is 1.94 bits per heavy atom. The number of nitriles is 1. The molecule has 0 atom stereocenters. The molecule has 4 rings (SSSR count). The van der Waals surface area contributed by atoms with Crippen molar-refractivity contribution >= 4 is 34.7 Å². The number of para-hydroxylation sites is 1. The Morgan fingerprint density at radius 1 is 1.17 bits per heavy atom. The van der Waals surface area contributed by atoms with Gasteiger partial charge in [0.2, 0.25) is 0 Å². The van der Waals surface area contributed by atoms with Gasteiger partial charge in [-0.25, -0.2) is 9.18 Å². The number of nitrogens with zero attached hydrogens (tertiary/aromatic N) is 3. The molecule has 0 unspecified atom stereocenters. The van der Waals surface area contributed by atoms with E-state index in [-0.39, 0.29) is 11.4 Å². The number of halogens is 1. The Kier molecular flexibility index (Phi) is 6.69. The van der Waals surface area contributed by atoms with Gasteiger partial charge in [0.05, 0.1) is 16.8 Å². The van der Waals surface area contributed by atoms with Crippen molar-refractivity contribution in [2.45, 2.75) is 13.8 Å². The van der Waals surface area contributed by atoms with E-state index in [1.807, 2.05) is 30.3 Å². The minimum Gasteiger partial charge on any atom is -0.452 e. The van der Waals surface area contributed by atoms with Crippen molar-refractivity contribution in [3.8, 4) is 11.8 Å². The van der Waals surface area contributed by atoms with Crippen LogP contribution in [-0.2, 0) is 14.3 Å². The third-order valence-corrected chi connectivity index (χ3v) is 5.56. The fourth-order valence-corrected chi connectivity index (χ4v) is 3.77. The van der Waals surface area contributed by atoms with Crippen LogP contribution in [-0.4, -0.2) is 28.0 Å². The van der Waals surface area contributed by atoms with E-state index in [0.29, 0.717) is 16.9 Å². The highest BCUT2D eigenvalue weighted by molar-refractivity contribution is 5.96. The number of carbonyl (C=O) groups is 2. The summed E-state index contributed by atoms with van der Waals surface area (Å²) in [5.41, 5.74) is 3.49. The van der Waals surface area contributed by atoms with E-state index in [0.717, 1.165) is 16.5 Å². The number of aromatic nitrogens is 2. The third kappa shape index (κ3) is 4.94. The maximum Gasteiger partial charge on any atom is 0.331 e. The minimum absolute atomic E-state index is 0.187. The van der Waals surface area contributed by atoms with Crippen molar-refractivity contribution < 1.29 is 18.7 Å². The average molecular weight is 468 g/mol. The number of pyridine rings is 1. The monoisotopic (exact) mass is 468 g/mol. The van der Waals surface area contributed by atoms with Gasteiger partial charge in [0, 0.05) is 28.9 Å². The normalized spacial score (nSPS) is 10.9. The van der Waals surface area contributed by atoms with E-state index >= 15 is 0 Å². The summed E-state index contributed by atoms with van der Waals surface area (Å²) in [5, 5.41) is 13.2. The molecule has 4 aromatic rings. The number of nitrogens with one attached hydrogen (secondary N) is 1. The van der Waals surface area contributed by atoms with Gasteiger partial charge in [0.15, 0.2) is 6.61 Å². The lowest BCUT2D eigenvalue weighted by molar-refractivity contribution is -0.142. The number of carbonyl (C=O) groups excluding carboxylic acids is 2. The van der Waals surface area contributed by atoms with Crippen LogP contribution >= 0.6 is 0 Å². The quantitative estimate of drug-likeness (QED) is 0.322. The zero-order valence-electron chi connectivity index (χ0n) is 19.1. The second-order valence-electron chi connectivity index (χ2n) is 7.77. The SMILES string of the molecule is Cc1c(C#N)c(NC(=O)COC(=O)/C=C/c2cccc3cccnc23)n(-c2cccc(F)c2)c1C. The van der Waals surface area contributed by atoms with Crippen molar-refractivity contribution in [1.82, 2.24) is 9.55 Å². The van der Waals surface area contributed by atoms with Gasteiger partial charge >= 0.3 is 5.97 Å². The van der Waals surface area contributed by atoms with E-state index in [1.54, 1.807) is 36.8 Å². The topological polar surface area (TPSA) is 97.0 Å². The standard InChI is InChI=1S/C27H21FN4O3/c1-17-18(2)32(22-10-4-9-21(28)14-22)27(23(17)15-29)31-24(33)16-35-25(34)12-11-20-7-3-6-19-8-5-13-30-26(19)20/h3-14H,16H2,1-2H3,(H,31,33)/b12-11+.